The molecule has 0 spiro atoms. The standard InChI is InChI=1S/C18H23N3O.HI/c1-15-7-6-10-17(13-15)22-12-11-20-18(19-2)21-14-16-8-4-3-5-9-16;/h3-10,13H,11-12,14H2,1-2H3,(H2,19,20,21);1H. The minimum atomic E-state index is 0. The van der Waals surface area contributed by atoms with Gasteiger partial charge in [-0.05, 0) is 30.2 Å². The van der Waals surface area contributed by atoms with E-state index in [0.717, 1.165) is 18.3 Å². The monoisotopic (exact) mass is 425 g/mol. The van der Waals surface area contributed by atoms with Gasteiger partial charge in [0.2, 0.25) is 0 Å². The van der Waals surface area contributed by atoms with Crippen molar-refractivity contribution in [2.24, 2.45) is 4.99 Å². The summed E-state index contributed by atoms with van der Waals surface area (Å²) in [5.74, 6) is 1.67. The van der Waals surface area contributed by atoms with Crippen LogP contribution in [0.4, 0.5) is 0 Å². The molecule has 2 aromatic rings. The molecule has 2 rings (SSSR count). The molecule has 0 bridgehead atoms. The van der Waals surface area contributed by atoms with Crippen molar-refractivity contribution in [2.45, 2.75) is 13.5 Å². The summed E-state index contributed by atoms with van der Waals surface area (Å²) in [5, 5.41) is 6.52. The molecular formula is C18H24IN3O. The summed E-state index contributed by atoms with van der Waals surface area (Å²) >= 11 is 0. The van der Waals surface area contributed by atoms with E-state index in [1.807, 2.05) is 36.4 Å². The molecule has 0 atom stereocenters. The van der Waals surface area contributed by atoms with Crippen molar-refractivity contribution in [1.82, 2.24) is 10.6 Å². The number of hydrogen-bond donors (Lipinski definition) is 2. The highest BCUT2D eigenvalue weighted by Crippen LogP contribution is 2.11. The summed E-state index contributed by atoms with van der Waals surface area (Å²) in [5.41, 5.74) is 2.42. The van der Waals surface area contributed by atoms with Crippen LogP contribution in [0.2, 0.25) is 0 Å². The first-order valence-electron chi connectivity index (χ1n) is 7.46. The van der Waals surface area contributed by atoms with E-state index in [1.54, 1.807) is 7.05 Å². The average Bonchev–Trinajstić information content (AvgIpc) is 2.55. The number of aryl methyl sites for hydroxylation is 1. The maximum Gasteiger partial charge on any atom is 0.191 e. The lowest BCUT2D eigenvalue weighted by molar-refractivity contribution is 0.321. The maximum atomic E-state index is 5.70. The van der Waals surface area contributed by atoms with Gasteiger partial charge in [0.15, 0.2) is 5.96 Å². The van der Waals surface area contributed by atoms with Crippen molar-refractivity contribution < 1.29 is 4.74 Å². The van der Waals surface area contributed by atoms with E-state index in [4.69, 9.17) is 4.74 Å². The van der Waals surface area contributed by atoms with E-state index >= 15 is 0 Å². The first-order valence-corrected chi connectivity index (χ1v) is 7.46. The van der Waals surface area contributed by atoms with E-state index < -0.39 is 0 Å². The van der Waals surface area contributed by atoms with Gasteiger partial charge in [-0.3, -0.25) is 4.99 Å². The Morgan fingerprint density at radius 2 is 1.83 bits per heavy atom. The van der Waals surface area contributed by atoms with Gasteiger partial charge in [0.05, 0.1) is 6.54 Å². The Hall–Kier alpha value is -1.76. The second-order valence-electron chi connectivity index (χ2n) is 5.00. The number of rotatable bonds is 6. The molecule has 0 fully saturated rings. The zero-order chi connectivity index (χ0) is 15.6. The summed E-state index contributed by atoms with van der Waals surface area (Å²) in [4.78, 5) is 4.20. The van der Waals surface area contributed by atoms with Crippen LogP contribution in [0.25, 0.3) is 0 Å². The molecule has 0 aromatic heterocycles. The predicted molar refractivity (Wildman–Crippen MR) is 107 cm³/mol. The highest BCUT2D eigenvalue weighted by molar-refractivity contribution is 14.0. The average molecular weight is 425 g/mol. The van der Waals surface area contributed by atoms with Crippen molar-refractivity contribution in [3.8, 4) is 5.75 Å². The number of aliphatic imine (C=N–C) groups is 1. The van der Waals surface area contributed by atoms with Crippen LogP contribution in [-0.2, 0) is 6.54 Å². The van der Waals surface area contributed by atoms with E-state index in [1.165, 1.54) is 11.1 Å². The van der Waals surface area contributed by atoms with Gasteiger partial charge in [0, 0.05) is 13.6 Å². The van der Waals surface area contributed by atoms with Crippen molar-refractivity contribution in [3.63, 3.8) is 0 Å². The molecule has 0 heterocycles. The fourth-order valence-electron chi connectivity index (χ4n) is 2.05. The summed E-state index contributed by atoms with van der Waals surface area (Å²) in [6.07, 6.45) is 0. The highest BCUT2D eigenvalue weighted by atomic mass is 127. The smallest absolute Gasteiger partial charge is 0.191 e. The summed E-state index contributed by atoms with van der Waals surface area (Å²) in [6, 6.07) is 18.3. The lowest BCUT2D eigenvalue weighted by Crippen LogP contribution is -2.38. The van der Waals surface area contributed by atoms with Crippen molar-refractivity contribution in [3.05, 3.63) is 65.7 Å². The van der Waals surface area contributed by atoms with Gasteiger partial charge in [0.1, 0.15) is 12.4 Å². The van der Waals surface area contributed by atoms with Crippen molar-refractivity contribution >= 4 is 29.9 Å². The SMILES string of the molecule is CN=C(NCCOc1cccc(C)c1)NCc1ccccc1.I. The number of ether oxygens (including phenoxy) is 1. The van der Waals surface area contributed by atoms with E-state index in [2.05, 4.69) is 40.7 Å². The first-order chi connectivity index (χ1) is 10.8. The first kappa shape index (κ1) is 19.3. The molecule has 0 aliphatic carbocycles. The third-order valence-corrected chi connectivity index (χ3v) is 3.18. The Morgan fingerprint density at radius 3 is 2.52 bits per heavy atom. The normalized spacial score (nSPS) is 10.6. The molecule has 0 saturated heterocycles. The minimum Gasteiger partial charge on any atom is -0.492 e. The van der Waals surface area contributed by atoms with Crippen LogP contribution >= 0.6 is 24.0 Å². The Labute approximate surface area is 155 Å². The molecule has 0 saturated carbocycles. The number of benzene rings is 2. The molecule has 0 unspecified atom stereocenters. The van der Waals surface area contributed by atoms with Gasteiger partial charge in [-0.2, -0.15) is 0 Å². The van der Waals surface area contributed by atoms with Gasteiger partial charge in [0.25, 0.3) is 0 Å². The molecule has 23 heavy (non-hydrogen) atoms. The summed E-state index contributed by atoms with van der Waals surface area (Å²) < 4.78 is 5.70. The third-order valence-electron chi connectivity index (χ3n) is 3.18. The molecule has 124 valence electrons. The number of nitrogens with one attached hydrogen (secondary N) is 2. The number of hydrogen-bond acceptors (Lipinski definition) is 2. The lowest BCUT2D eigenvalue weighted by atomic mass is 10.2. The minimum absolute atomic E-state index is 0. The Balaban J connectivity index is 0.00000264. The summed E-state index contributed by atoms with van der Waals surface area (Å²) in [6.45, 7) is 4.09. The molecule has 0 aliphatic rings. The predicted octanol–water partition coefficient (Wildman–Crippen LogP) is 3.36. The number of halogens is 1. The van der Waals surface area contributed by atoms with Gasteiger partial charge in [-0.25, -0.2) is 0 Å². The Kier molecular flexibility index (Phi) is 9.12. The fraction of sp³-hybridized carbons (Fsp3) is 0.278. The van der Waals surface area contributed by atoms with Crippen molar-refractivity contribution in [1.29, 1.82) is 0 Å². The van der Waals surface area contributed by atoms with Crippen LogP contribution in [-0.4, -0.2) is 26.2 Å². The number of guanidine groups is 1. The third kappa shape index (κ3) is 7.36. The lowest BCUT2D eigenvalue weighted by Gasteiger charge is -2.12. The van der Waals surface area contributed by atoms with Crippen LogP contribution in [0.5, 0.6) is 5.75 Å². The maximum absolute atomic E-state index is 5.70. The molecule has 0 amide bonds. The molecule has 0 radical (unpaired) electrons. The molecule has 4 nitrogen and oxygen atoms in total. The van der Waals surface area contributed by atoms with Gasteiger partial charge < -0.3 is 15.4 Å². The molecule has 0 aliphatic heterocycles. The highest BCUT2D eigenvalue weighted by Gasteiger charge is 1.98. The Morgan fingerprint density at radius 1 is 1.04 bits per heavy atom. The molecular weight excluding hydrogens is 401 g/mol. The van der Waals surface area contributed by atoms with Crippen LogP contribution < -0.4 is 15.4 Å². The number of nitrogens with zero attached hydrogens (tertiary/aromatic N) is 1. The van der Waals surface area contributed by atoms with E-state index in [0.29, 0.717) is 13.2 Å². The van der Waals surface area contributed by atoms with Gasteiger partial charge in [-0.1, -0.05) is 42.5 Å². The van der Waals surface area contributed by atoms with E-state index in [9.17, 15) is 0 Å². The zero-order valence-electron chi connectivity index (χ0n) is 13.6. The van der Waals surface area contributed by atoms with Gasteiger partial charge in [-0.15, -0.1) is 24.0 Å². The summed E-state index contributed by atoms with van der Waals surface area (Å²) in [7, 11) is 1.77. The second-order valence-corrected chi connectivity index (χ2v) is 5.00. The van der Waals surface area contributed by atoms with Gasteiger partial charge >= 0.3 is 0 Å². The quantitative estimate of drug-likeness (QED) is 0.323. The second kappa shape index (κ2) is 10.9. The molecule has 2 aromatic carbocycles. The van der Waals surface area contributed by atoms with Crippen molar-refractivity contribution in [2.75, 3.05) is 20.2 Å². The van der Waals surface area contributed by atoms with Crippen LogP contribution in [0, 0.1) is 6.92 Å². The fourth-order valence-corrected chi connectivity index (χ4v) is 2.05. The Bertz CT molecular complexity index is 602. The topological polar surface area (TPSA) is 45.7 Å². The van der Waals surface area contributed by atoms with Crippen LogP contribution in [0.1, 0.15) is 11.1 Å². The molecule has 5 heteroatoms. The zero-order valence-corrected chi connectivity index (χ0v) is 15.9. The van der Waals surface area contributed by atoms with E-state index in [-0.39, 0.29) is 24.0 Å². The van der Waals surface area contributed by atoms with Crippen LogP contribution in [0.15, 0.2) is 59.6 Å². The van der Waals surface area contributed by atoms with Crippen LogP contribution in [0.3, 0.4) is 0 Å². The molecule has 2 N–H and O–H groups in total. The largest absolute Gasteiger partial charge is 0.492 e.